The second-order valence-corrected chi connectivity index (χ2v) is 3.50. The van der Waals surface area contributed by atoms with Gasteiger partial charge in [0.25, 0.3) is 5.91 Å². The highest BCUT2D eigenvalue weighted by Crippen LogP contribution is 2.28. The van der Waals surface area contributed by atoms with Crippen molar-refractivity contribution in [2.24, 2.45) is 5.73 Å². The molecule has 0 bridgehead atoms. The Morgan fingerprint density at radius 1 is 1.33 bits per heavy atom. The fourth-order valence-corrected chi connectivity index (χ4v) is 1.36. The lowest BCUT2D eigenvalue weighted by Gasteiger charge is -2.09. The Balaban J connectivity index is 2.40. The van der Waals surface area contributed by atoms with Crippen molar-refractivity contribution in [3.05, 3.63) is 47.9 Å². The number of hydrogen-bond donors (Lipinski definition) is 2. The molecule has 6 heteroatoms. The van der Waals surface area contributed by atoms with E-state index in [-0.39, 0.29) is 22.9 Å². The van der Waals surface area contributed by atoms with Crippen LogP contribution in [0.5, 0.6) is 11.6 Å². The number of hydrogen-bond acceptors (Lipinski definition) is 4. The number of carbonyl (C=O) groups is 1. The summed E-state index contributed by atoms with van der Waals surface area (Å²) in [6.07, 6.45) is 1.43. The van der Waals surface area contributed by atoms with Crippen LogP contribution in [0.2, 0.25) is 0 Å². The molecule has 1 amide bonds. The molecule has 1 aromatic carbocycles. The van der Waals surface area contributed by atoms with Crippen LogP contribution in [0.15, 0.2) is 36.5 Å². The van der Waals surface area contributed by atoms with Crippen LogP contribution in [0.1, 0.15) is 10.4 Å². The normalized spacial score (nSPS) is 10.1. The van der Waals surface area contributed by atoms with E-state index in [2.05, 4.69) is 4.98 Å². The smallest absolute Gasteiger partial charge is 0.254 e. The Bertz CT molecular complexity index is 602. The van der Waals surface area contributed by atoms with Crippen LogP contribution >= 0.6 is 0 Å². The average molecular weight is 247 g/mol. The van der Waals surface area contributed by atoms with Crippen LogP contribution in [0.3, 0.4) is 0 Å². The average Bonchev–Trinajstić information content (AvgIpc) is 2.34. The fourth-order valence-electron chi connectivity index (χ4n) is 1.36. The van der Waals surface area contributed by atoms with Gasteiger partial charge in [0.1, 0.15) is 11.4 Å². The van der Waals surface area contributed by atoms with Crippen LogP contribution in [0.4, 0.5) is 10.1 Å². The van der Waals surface area contributed by atoms with E-state index in [0.717, 1.165) is 6.07 Å². The maximum atomic E-state index is 13.1. The van der Waals surface area contributed by atoms with Gasteiger partial charge in [-0.2, -0.15) is 0 Å². The lowest BCUT2D eigenvalue weighted by molar-refractivity contribution is 0.0997. The lowest BCUT2D eigenvalue weighted by Crippen LogP contribution is -2.13. The number of rotatable bonds is 3. The molecule has 0 atom stereocenters. The van der Waals surface area contributed by atoms with Crippen molar-refractivity contribution in [2.75, 3.05) is 5.73 Å². The number of aromatic nitrogens is 1. The van der Waals surface area contributed by atoms with Gasteiger partial charge < -0.3 is 16.2 Å². The van der Waals surface area contributed by atoms with Crippen molar-refractivity contribution in [2.45, 2.75) is 0 Å². The minimum atomic E-state index is -0.687. The molecule has 0 saturated heterocycles. The molecule has 5 nitrogen and oxygen atoms in total. The monoisotopic (exact) mass is 247 g/mol. The van der Waals surface area contributed by atoms with Gasteiger partial charge >= 0.3 is 0 Å². The van der Waals surface area contributed by atoms with Crippen LogP contribution in [0, 0.1) is 5.82 Å². The van der Waals surface area contributed by atoms with E-state index in [1.165, 1.54) is 24.4 Å². The Kier molecular flexibility index (Phi) is 3.09. The molecule has 1 heterocycles. The van der Waals surface area contributed by atoms with Gasteiger partial charge in [-0.25, -0.2) is 9.37 Å². The van der Waals surface area contributed by atoms with Crippen molar-refractivity contribution >= 4 is 11.6 Å². The predicted molar refractivity (Wildman–Crippen MR) is 63.6 cm³/mol. The van der Waals surface area contributed by atoms with Gasteiger partial charge in [0.2, 0.25) is 5.88 Å². The number of carbonyl (C=O) groups excluding carboxylic acids is 1. The summed E-state index contributed by atoms with van der Waals surface area (Å²) in [5.41, 5.74) is 11.1. The summed E-state index contributed by atoms with van der Waals surface area (Å²) < 4.78 is 18.4. The second-order valence-electron chi connectivity index (χ2n) is 3.50. The summed E-state index contributed by atoms with van der Waals surface area (Å²) in [6.45, 7) is 0. The van der Waals surface area contributed by atoms with Crippen molar-refractivity contribution in [3.63, 3.8) is 0 Å². The number of benzene rings is 1. The van der Waals surface area contributed by atoms with Crippen LogP contribution in [-0.2, 0) is 0 Å². The standard InChI is InChI=1S/C12H10FN3O2/c13-7-3-4-9(14)10(6-7)18-12-8(11(15)17)2-1-5-16-12/h1-6H,14H2,(H2,15,17). The molecule has 0 aliphatic carbocycles. The quantitative estimate of drug-likeness (QED) is 0.807. The zero-order valence-electron chi connectivity index (χ0n) is 9.26. The third kappa shape index (κ3) is 2.37. The van der Waals surface area contributed by atoms with Gasteiger partial charge in [-0.1, -0.05) is 0 Å². The van der Waals surface area contributed by atoms with Crippen LogP contribution < -0.4 is 16.2 Å². The number of nitrogens with zero attached hydrogens (tertiary/aromatic N) is 1. The SMILES string of the molecule is NC(=O)c1cccnc1Oc1cc(F)ccc1N. The van der Waals surface area contributed by atoms with E-state index in [0.29, 0.717) is 0 Å². The third-order valence-corrected chi connectivity index (χ3v) is 2.22. The zero-order chi connectivity index (χ0) is 13.1. The highest BCUT2D eigenvalue weighted by atomic mass is 19.1. The fraction of sp³-hybridized carbons (Fsp3) is 0. The number of nitrogen functional groups attached to an aromatic ring is 1. The van der Waals surface area contributed by atoms with Crippen LogP contribution in [0.25, 0.3) is 0 Å². The molecule has 0 saturated carbocycles. The molecule has 2 rings (SSSR count). The Morgan fingerprint density at radius 2 is 2.11 bits per heavy atom. The van der Waals surface area contributed by atoms with Gasteiger partial charge in [-0.15, -0.1) is 0 Å². The molecule has 4 N–H and O–H groups in total. The number of anilines is 1. The molecule has 92 valence electrons. The number of ether oxygens (including phenoxy) is 1. The topological polar surface area (TPSA) is 91.2 Å². The highest BCUT2D eigenvalue weighted by molar-refractivity contribution is 5.95. The molecular formula is C12H10FN3O2. The Hall–Kier alpha value is -2.63. The zero-order valence-corrected chi connectivity index (χ0v) is 9.26. The van der Waals surface area contributed by atoms with E-state index in [9.17, 15) is 9.18 Å². The molecule has 2 aromatic rings. The first-order valence-electron chi connectivity index (χ1n) is 5.05. The van der Waals surface area contributed by atoms with Crippen molar-refractivity contribution in [3.8, 4) is 11.6 Å². The van der Waals surface area contributed by atoms with Crippen molar-refractivity contribution < 1.29 is 13.9 Å². The molecule has 0 spiro atoms. The van der Waals surface area contributed by atoms with Crippen molar-refractivity contribution in [1.82, 2.24) is 4.98 Å². The van der Waals surface area contributed by atoms with E-state index in [4.69, 9.17) is 16.2 Å². The molecule has 18 heavy (non-hydrogen) atoms. The number of pyridine rings is 1. The van der Waals surface area contributed by atoms with E-state index < -0.39 is 11.7 Å². The molecule has 0 radical (unpaired) electrons. The van der Waals surface area contributed by atoms with Gasteiger partial charge in [0.05, 0.1) is 5.69 Å². The molecule has 0 fully saturated rings. The van der Waals surface area contributed by atoms with Crippen LogP contribution in [-0.4, -0.2) is 10.9 Å². The number of amides is 1. The lowest BCUT2D eigenvalue weighted by atomic mass is 10.2. The number of halogens is 1. The third-order valence-electron chi connectivity index (χ3n) is 2.22. The predicted octanol–water partition coefficient (Wildman–Crippen LogP) is 1.69. The molecule has 1 aromatic heterocycles. The summed E-state index contributed by atoms with van der Waals surface area (Å²) in [7, 11) is 0. The van der Waals surface area contributed by atoms with E-state index >= 15 is 0 Å². The minimum Gasteiger partial charge on any atom is -0.436 e. The summed E-state index contributed by atoms with van der Waals surface area (Å²) in [5.74, 6) is -1.12. The summed E-state index contributed by atoms with van der Waals surface area (Å²) in [5, 5.41) is 0. The molecular weight excluding hydrogens is 237 g/mol. The second kappa shape index (κ2) is 4.70. The first kappa shape index (κ1) is 11.8. The van der Waals surface area contributed by atoms with E-state index in [1.54, 1.807) is 6.07 Å². The van der Waals surface area contributed by atoms with Gasteiger partial charge in [0.15, 0.2) is 5.75 Å². The first-order valence-corrected chi connectivity index (χ1v) is 5.05. The van der Waals surface area contributed by atoms with Gasteiger partial charge in [-0.05, 0) is 24.3 Å². The molecule has 0 unspecified atom stereocenters. The maximum Gasteiger partial charge on any atom is 0.254 e. The maximum absolute atomic E-state index is 13.1. The summed E-state index contributed by atoms with van der Waals surface area (Å²) in [6, 6.07) is 6.67. The molecule has 0 aliphatic heterocycles. The van der Waals surface area contributed by atoms with Crippen molar-refractivity contribution in [1.29, 1.82) is 0 Å². The highest BCUT2D eigenvalue weighted by Gasteiger charge is 2.12. The Morgan fingerprint density at radius 3 is 2.83 bits per heavy atom. The van der Waals surface area contributed by atoms with Gasteiger partial charge in [-0.3, -0.25) is 4.79 Å². The first-order chi connectivity index (χ1) is 8.58. The summed E-state index contributed by atoms with van der Waals surface area (Å²) in [4.78, 5) is 15.0. The largest absolute Gasteiger partial charge is 0.436 e. The minimum absolute atomic E-state index is 0.0118. The molecule has 0 aliphatic rings. The van der Waals surface area contributed by atoms with E-state index in [1.807, 2.05) is 0 Å². The number of primary amides is 1. The number of nitrogens with two attached hydrogens (primary N) is 2. The summed E-state index contributed by atoms with van der Waals surface area (Å²) >= 11 is 0. The Labute approximate surface area is 102 Å². The van der Waals surface area contributed by atoms with Gasteiger partial charge in [0, 0.05) is 12.3 Å².